The van der Waals surface area contributed by atoms with Gasteiger partial charge in [0.25, 0.3) is 11.6 Å². The third-order valence-corrected chi connectivity index (χ3v) is 3.61. The Balaban J connectivity index is 2.23. The number of halogens is 1. The van der Waals surface area contributed by atoms with Crippen molar-refractivity contribution in [2.45, 2.75) is 25.3 Å². The van der Waals surface area contributed by atoms with E-state index in [1.165, 1.54) is 23.1 Å². The van der Waals surface area contributed by atoms with E-state index in [2.05, 4.69) is 15.9 Å². The van der Waals surface area contributed by atoms with Crippen molar-refractivity contribution in [3.63, 3.8) is 0 Å². The summed E-state index contributed by atoms with van der Waals surface area (Å²) in [6.45, 7) is 0.110. The molecule has 1 aromatic rings. The van der Waals surface area contributed by atoms with Crippen LogP contribution in [0.15, 0.2) is 22.7 Å². The van der Waals surface area contributed by atoms with Crippen LogP contribution in [0, 0.1) is 10.1 Å². The molecule has 1 aromatic carbocycles. The smallest absolute Gasteiger partial charge is 0.305 e. The number of non-ortho nitro benzene ring substituents is 1. The van der Waals surface area contributed by atoms with Crippen LogP contribution in [0.4, 0.5) is 5.69 Å². The maximum Gasteiger partial charge on any atom is 0.305 e. The molecule has 1 N–H and O–H groups in total. The average molecular weight is 357 g/mol. The van der Waals surface area contributed by atoms with Crippen LogP contribution >= 0.6 is 15.9 Å². The summed E-state index contributed by atoms with van der Waals surface area (Å²) in [5.74, 6) is -1.35. The molecule has 1 saturated carbocycles. The van der Waals surface area contributed by atoms with E-state index in [0.29, 0.717) is 4.47 Å². The van der Waals surface area contributed by atoms with Gasteiger partial charge < -0.3 is 10.0 Å². The van der Waals surface area contributed by atoms with E-state index in [0.717, 1.165) is 12.8 Å². The van der Waals surface area contributed by atoms with Crippen molar-refractivity contribution in [3.8, 4) is 0 Å². The summed E-state index contributed by atoms with van der Waals surface area (Å²) >= 11 is 3.14. The lowest BCUT2D eigenvalue weighted by Gasteiger charge is -2.21. The van der Waals surface area contributed by atoms with E-state index in [1.54, 1.807) is 0 Å². The fourth-order valence-electron chi connectivity index (χ4n) is 2.02. The van der Waals surface area contributed by atoms with E-state index in [-0.39, 0.29) is 36.2 Å². The highest BCUT2D eigenvalue weighted by molar-refractivity contribution is 9.10. The molecule has 21 heavy (non-hydrogen) atoms. The van der Waals surface area contributed by atoms with Gasteiger partial charge >= 0.3 is 5.97 Å². The predicted molar refractivity (Wildman–Crippen MR) is 77.1 cm³/mol. The molecule has 112 valence electrons. The number of carbonyl (C=O) groups excluding carboxylic acids is 1. The number of amides is 1. The Morgan fingerprint density at radius 3 is 2.57 bits per heavy atom. The fourth-order valence-corrected chi connectivity index (χ4v) is 2.50. The number of nitro benzene ring substituents is 1. The molecule has 1 fully saturated rings. The Labute approximate surface area is 128 Å². The van der Waals surface area contributed by atoms with E-state index in [4.69, 9.17) is 5.11 Å². The van der Waals surface area contributed by atoms with Gasteiger partial charge in [-0.15, -0.1) is 0 Å². The van der Waals surface area contributed by atoms with Gasteiger partial charge in [-0.25, -0.2) is 0 Å². The molecule has 0 saturated heterocycles. The number of carbonyl (C=O) groups is 2. The fraction of sp³-hybridized carbons (Fsp3) is 0.385. The molecule has 1 aliphatic carbocycles. The molecule has 0 bridgehead atoms. The van der Waals surface area contributed by atoms with Gasteiger partial charge in [-0.05, 0) is 18.9 Å². The highest BCUT2D eigenvalue weighted by Gasteiger charge is 2.33. The topological polar surface area (TPSA) is 101 Å². The molecule has 0 heterocycles. The standard InChI is InChI=1S/C13H13BrN2O5/c14-9-5-8(6-11(7-9)16(20)21)13(19)15(10-1-2-10)4-3-12(17)18/h5-7,10H,1-4H2,(H,17,18). The Bertz CT molecular complexity index is 600. The zero-order valence-electron chi connectivity index (χ0n) is 11.0. The minimum absolute atomic E-state index is 0.0369. The largest absolute Gasteiger partial charge is 0.481 e. The Hall–Kier alpha value is -1.96. The molecular formula is C13H13BrN2O5. The third kappa shape index (κ3) is 4.01. The van der Waals surface area contributed by atoms with Crippen LogP contribution in [-0.4, -0.2) is 39.4 Å². The molecule has 1 amide bonds. The second-order valence-electron chi connectivity index (χ2n) is 4.83. The van der Waals surface area contributed by atoms with Crippen molar-refractivity contribution in [1.82, 2.24) is 4.90 Å². The Morgan fingerprint density at radius 2 is 2.05 bits per heavy atom. The quantitative estimate of drug-likeness (QED) is 0.623. The van der Waals surface area contributed by atoms with Crippen molar-refractivity contribution in [2.24, 2.45) is 0 Å². The molecular weight excluding hydrogens is 344 g/mol. The number of carboxylic acid groups (broad SMARTS) is 1. The van der Waals surface area contributed by atoms with Gasteiger partial charge in [-0.2, -0.15) is 0 Å². The lowest BCUT2D eigenvalue weighted by atomic mass is 10.1. The summed E-state index contributed by atoms with van der Waals surface area (Å²) in [4.78, 5) is 34.9. The maximum atomic E-state index is 12.5. The highest BCUT2D eigenvalue weighted by atomic mass is 79.9. The summed E-state index contributed by atoms with van der Waals surface area (Å²) in [5, 5.41) is 19.6. The highest BCUT2D eigenvalue weighted by Crippen LogP contribution is 2.30. The van der Waals surface area contributed by atoms with E-state index in [1.807, 2.05) is 0 Å². The number of nitrogens with zero attached hydrogens (tertiary/aromatic N) is 2. The van der Waals surface area contributed by atoms with Crippen molar-refractivity contribution in [1.29, 1.82) is 0 Å². The molecule has 0 spiro atoms. The van der Waals surface area contributed by atoms with Gasteiger partial charge in [-0.1, -0.05) is 15.9 Å². The van der Waals surface area contributed by atoms with Crippen LogP contribution < -0.4 is 0 Å². The minimum atomic E-state index is -0.978. The third-order valence-electron chi connectivity index (χ3n) is 3.16. The van der Waals surface area contributed by atoms with Crippen LogP contribution in [0.2, 0.25) is 0 Å². The molecule has 0 radical (unpaired) electrons. The van der Waals surface area contributed by atoms with Crippen LogP contribution in [0.5, 0.6) is 0 Å². The van der Waals surface area contributed by atoms with Gasteiger partial charge in [0.2, 0.25) is 0 Å². The first kappa shape index (κ1) is 15.4. The van der Waals surface area contributed by atoms with Crippen molar-refractivity contribution < 1.29 is 19.6 Å². The van der Waals surface area contributed by atoms with Gasteiger partial charge in [-0.3, -0.25) is 19.7 Å². The predicted octanol–water partition coefficient (Wildman–Crippen LogP) is 2.44. The summed E-state index contributed by atoms with van der Waals surface area (Å²) in [6, 6.07) is 4.07. The lowest BCUT2D eigenvalue weighted by molar-refractivity contribution is -0.385. The number of rotatable bonds is 6. The maximum absolute atomic E-state index is 12.5. The molecule has 0 aromatic heterocycles. The second kappa shape index (κ2) is 6.21. The monoisotopic (exact) mass is 356 g/mol. The first-order valence-electron chi connectivity index (χ1n) is 6.36. The number of carboxylic acids is 1. The Morgan fingerprint density at radius 1 is 1.38 bits per heavy atom. The first-order chi connectivity index (χ1) is 9.88. The average Bonchev–Trinajstić information content (AvgIpc) is 3.22. The van der Waals surface area contributed by atoms with Gasteiger partial charge in [0.05, 0.1) is 11.3 Å². The van der Waals surface area contributed by atoms with Crippen molar-refractivity contribution in [3.05, 3.63) is 38.3 Å². The van der Waals surface area contributed by atoms with Crippen LogP contribution in [0.25, 0.3) is 0 Å². The van der Waals surface area contributed by atoms with Crippen molar-refractivity contribution in [2.75, 3.05) is 6.54 Å². The van der Waals surface area contributed by atoms with Crippen LogP contribution in [0.3, 0.4) is 0 Å². The number of hydrogen-bond acceptors (Lipinski definition) is 4. The summed E-state index contributed by atoms with van der Waals surface area (Å²) in [5.41, 5.74) is 0.00932. The van der Waals surface area contributed by atoms with E-state index >= 15 is 0 Å². The molecule has 0 aliphatic heterocycles. The van der Waals surface area contributed by atoms with Gasteiger partial charge in [0.15, 0.2) is 0 Å². The summed E-state index contributed by atoms with van der Waals surface area (Å²) in [7, 11) is 0. The molecule has 0 unspecified atom stereocenters. The molecule has 8 heteroatoms. The van der Waals surface area contributed by atoms with Crippen LogP contribution in [0.1, 0.15) is 29.6 Å². The minimum Gasteiger partial charge on any atom is -0.481 e. The SMILES string of the molecule is O=C(O)CCN(C(=O)c1cc(Br)cc([N+](=O)[O-])c1)C1CC1. The van der Waals surface area contributed by atoms with Gasteiger partial charge in [0.1, 0.15) is 0 Å². The van der Waals surface area contributed by atoms with E-state index in [9.17, 15) is 19.7 Å². The molecule has 0 atom stereocenters. The molecule has 1 aliphatic rings. The summed E-state index contributed by atoms with van der Waals surface area (Å²) in [6.07, 6.45) is 1.53. The molecule has 2 rings (SSSR count). The number of aliphatic carboxylic acids is 1. The normalized spacial score (nSPS) is 13.8. The zero-order chi connectivity index (χ0) is 15.6. The first-order valence-corrected chi connectivity index (χ1v) is 7.15. The van der Waals surface area contributed by atoms with Crippen LogP contribution in [-0.2, 0) is 4.79 Å². The number of hydrogen-bond donors (Lipinski definition) is 1. The second-order valence-corrected chi connectivity index (χ2v) is 5.74. The number of nitro groups is 1. The van der Waals surface area contributed by atoms with Crippen molar-refractivity contribution >= 4 is 33.5 Å². The zero-order valence-corrected chi connectivity index (χ0v) is 12.6. The van der Waals surface area contributed by atoms with E-state index < -0.39 is 10.9 Å². The lowest BCUT2D eigenvalue weighted by Crippen LogP contribution is -2.35. The Kier molecular flexibility index (Phi) is 4.56. The number of benzene rings is 1. The summed E-state index contributed by atoms with van der Waals surface area (Å²) < 4.78 is 0.439. The molecule has 7 nitrogen and oxygen atoms in total. The van der Waals surface area contributed by atoms with Gasteiger partial charge in [0, 0.05) is 34.8 Å².